The van der Waals surface area contributed by atoms with Crippen LogP contribution in [0.2, 0.25) is 10.0 Å². The van der Waals surface area contributed by atoms with Crippen LogP contribution in [0.1, 0.15) is 11.3 Å². The lowest BCUT2D eigenvalue weighted by molar-refractivity contribution is 0.0378. The number of anilines is 1. The van der Waals surface area contributed by atoms with Crippen molar-refractivity contribution in [2.24, 2.45) is 10.2 Å². The van der Waals surface area contributed by atoms with Crippen molar-refractivity contribution in [2.75, 3.05) is 44.7 Å². The first-order chi connectivity index (χ1) is 16.1. The molecule has 4 rings (SSSR count). The molecule has 1 saturated heterocycles. The maximum Gasteiger partial charge on any atom is 0.266 e. The molecular weight excluding hydrogens is 503 g/mol. The zero-order chi connectivity index (χ0) is 23.0. The van der Waals surface area contributed by atoms with Gasteiger partial charge in [0.1, 0.15) is 10.4 Å². The van der Waals surface area contributed by atoms with Crippen molar-refractivity contribution in [2.45, 2.75) is 6.42 Å². The fraction of sp³-hybridized carbons (Fsp3) is 0.333. The topological polar surface area (TPSA) is 95.0 Å². The lowest BCUT2D eigenvalue weighted by Crippen LogP contribution is -2.37. The lowest BCUT2D eigenvalue weighted by atomic mass is 10.3. The van der Waals surface area contributed by atoms with E-state index in [-0.39, 0.29) is 5.56 Å². The molecule has 8 nitrogen and oxygen atoms in total. The molecule has 1 fully saturated rings. The summed E-state index contributed by atoms with van der Waals surface area (Å²) < 4.78 is 6.53. The van der Waals surface area contributed by atoms with Crippen LogP contribution in [-0.4, -0.2) is 54.3 Å². The number of hydrogen-bond donors (Lipinski definition) is 2. The summed E-state index contributed by atoms with van der Waals surface area (Å²) in [5.74, 6) is 0. The molecule has 174 valence electrons. The van der Waals surface area contributed by atoms with Gasteiger partial charge in [-0.05, 0) is 37.2 Å². The molecule has 12 heteroatoms. The van der Waals surface area contributed by atoms with Gasteiger partial charge in [0.05, 0.1) is 33.8 Å². The number of aromatic amines is 1. The van der Waals surface area contributed by atoms with E-state index in [0.29, 0.717) is 24.9 Å². The van der Waals surface area contributed by atoms with Crippen molar-refractivity contribution in [1.82, 2.24) is 14.9 Å². The highest BCUT2D eigenvalue weighted by atomic mass is 35.5. The number of halogens is 2. The van der Waals surface area contributed by atoms with Gasteiger partial charge in [-0.3, -0.25) is 9.69 Å². The number of nitrogens with zero attached hydrogens (tertiary/aromatic N) is 4. The van der Waals surface area contributed by atoms with E-state index >= 15 is 0 Å². The molecule has 0 amide bonds. The molecule has 1 aliphatic rings. The summed E-state index contributed by atoms with van der Waals surface area (Å²) in [6.45, 7) is 5.54. The highest BCUT2D eigenvalue weighted by Gasteiger charge is 2.09. The summed E-state index contributed by atoms with van der Waals surface area (Å²) in [6, 6.07) is 4.96. The predicted octanol–water partition coefficient (Wildman–Crippen LogP) is 3.68. The number of nitrogens with one attached hydrogen (secondary N) is 2. The van der Waals surface area contributed by atoms with E-state index in [1.54, 1.807) is 24.4 Å². The molecule has 0 unspecified atom stereocenters. The number of aromatic nitrogens is 2. The number of thiazole rings is 2. The standard InChI is InChI=1S/C21H22Cl2N6O2S2/c22-14-2-3-17(16(23)10-14)28-26-13-19-27-20(30)18(33-19)11-15-12-25-21(32-15)24-4-1-5-29-6-8-31-9-7-29/h2-3,10-13H,1,4-9H2,(H,24,25)(H,27,30). The molecule has 0 spiro atoms. The Labute approximate surface area is 208 Å². The number of rotatable bonds is 8. The van der Waals surface area contributed by atoms with Gasteiger partial charge < -0.3 is 15.0 Å². The van der Waals surface area contributed by atoms with Gasteiger partial charge in [-0.1, -0.05) is 34.5 Å². The smallest absolute Gasteiger partial charge is 0.266 e. The van der Waals surface area contributed by atoms with Crippen molar-refractivity contribution in [3.05, 3.63) is 58.9 Å². The number of H-pyrrole nitrogens is 1. The van der Waals surface area contributed by atoms with Gasteiger partial charge in [0.15, 0.2) is 5.13 Å². The van der Waals surface area contributed by atoms with E-state index in [2.05, 4.69) is 30.4 Å². The van der Waals surface area contributed by atoms with Crippen molar-refractivity contribution in [3.8, 4) is 0 Å². The molecule has 0 radical (unpaired) electrons. The highest BCUT2D eigenvalue weighted by molar-refractivity contribution is 7.16. The quantitative estimate of drug-likeness (QED) is 0.346. The number of azo groups is 1. The van der Waals surface area contributed by atoms with Gasteiger partial charge in [-0.15, -0.1) is 16.5 Å². The van der Waals surface area contributed by atoms with E-state index in [9.17, 15) is 4.79 Å². The van der Waals surface area contributed by atoms with Crippen molar-refractivity contribution < 1.29 is 4.74 Å². The first kappa shape index (κ1) is 24.1. The summed E-state index contributed by atoms with van der Waals surface area (Å²) in [6.07, 6.45) is 6.12. The van der Waals surface area contributed by atoms with E-state index < -0.39 is 0 Å². The van der Waals surface area contributed by atoms with Crippen LogP contribution < -0.4 is 20.1 Å². The second kappa shape index (κ2) is 11.9. The molecule has 2 N–H and O–H groups in total. The third kappa shape index (κ3) is 7.20. The molecular formula is C21H22Cl2N6O2S2. The second-order valence-corrected chi connectivity index (χ2v) is 10.2. The molecule has 1 aromatic carbocycles. The monoisotopic (exact) mass is 524 g/mol. The van der Waals surface area contributed by atoms with Crippen LogP contribution in [0.25, 0.3) is 12.3 Å². The van der Waals surface area contributed by atoms with E-state index in [1.165, 1.54) is 28.9 Å². The average Bonchev–Trinajstić information content (AvgIpc) is 3.40. The van der Waals surface area contributed by atoms with Crippen LogP contribution >= 0.6 is 45.9 Å². The number of morpholine rings is 1. The Balaban J connectivity index is 1.35. The SMILES string of the molecule is O=c1[nH]c(=CN=Nc2ccc(Cl)cc2Cl)sc1=Cc1cnc(NCCCN2CCOCC2)s1. The molecule has 2 aromatic heterocycles. The number of hydrogen-bond acceptors (Lipinski definition) is 9. The van der Waals surface area contributed by atoms with Crippen LogP contribution in [0.3, 0.4) is 0 Å². The summed E-state index contributed by atoms with van der Waals surface area (Å²) in [5.41, 5.74) is 0.317. The fourth-order valence-corrected chi connectivity index (χ4v) is 5.23. The zero-order valence-electron chi connectivity index (χ0n) is 17.6. The Morgan fingerprint density at radius 3 is 2.94 bits per heavy atom. The highest BCUT2D eigenvalue weighted by Crippen LogP contribution is 2.28. The van der Waals surface area contributed by atoms with Crippen LogP contribution in [-0.2, 0) is 4.74 Å². The fourth-order valence-electron chi connectivity index (χ4n) is 3.11. The number of ether oxygens (including phenoxy) is 1. The van der Waals surface area contributed by atoms with Crippen molar-refractivity contribution in [3.63, 3.8) is 0 Å². The van der Waals surface area contributed by atoms with Crippen LogP contribution in [0, 0.1) is 0 Å². The van der Waals surface area contributed by atoms with Gasteiger partial charge in [0.2, 0.25) is 0 Å². The molecule has 0 aliphatic carbocycles. The largest absolute Gasteiger partial charge is 0.379 e. The Morgan fingerprint density at radius 1 is 1.27 bits per heavy atom. The minimum Gasteiger partial charge on any atom is -0.379 e. The molecule has 1 aliphatic heterocycles. The molecule has 33 heavy (non-hydrogen) atoms. The Bertz CT molecular complexity index is 1280. The minimum absolute atomic E-state index is 0.181. The van der Waals surface area contributed by atoms with Gasteiger partial charge in [-0.25, -0.2) is 4.98 Å². The third-order valence-corrected chi connectivity index (χ3v) is 7.15. The Morgan fingerprint density at radius 2 is 2.12 bits per heavy atom. The normalized spacial score (nSPS) is 16.2. The summed E-state index contributed by atoms with van der Waals surface area (Å²) in [7, 11) is 0. The van der Waals surface area contributed by atoms with Gasteiger partial charge in [0, 0.05) is 30.9 Å². The molecule has 3 heterocycles. The maximum atomic E-state index is 12.3. The second-order valence-electron chi connectivity index (χ2n) is 7.17. The van der Waals surface area contributed by atoms with E-state index in [1.807, 2.05) is 6.08 Å². The van der Waals surface area contributed by atoms with E-state index in [0.717, 1.165) is 55.8 Å². The Hall–Kier alpha value is -2.08. The van der Waals surface area contributed by atoms with Gasteiger partial charge in [0.25, 0.3) is 5.56 Å². The lowest BCUT2D eigenvalue weighted by Gasteiger charge is -2.26. The summed E-state index contributed by atoms with van der Waals surface area (Å²) >= 11 is 14.8. The van der Waals surface area contributed by atoms with Gasteiger partial charge >= 0.3 is 0 Å². The maximum absolute atomic E-state index is 12.3. The number of benzene rings is 1. The van der Waals surface area contributed by atoms with Crippen LogP contribution in [0.5, 0.6) is 0 Å². The zero-order valence-corrected chi connectivity index (χ0v) is 20.7. The predicted molar refractivity (Wildman–Crippen MR) is 136 cm³/mol. The molecule has 0 saturated carbocycles. The first-order valence-electron chi connectivity index (χ1n) is 10.3. The Kier molecular flexibility index (Phi) is 8.65. The van der Waals surface area contributed by atoms with Crippen molar-refractivity contribution in [1.29, 1.82) is 0 Å². The average molecular weight is 525 g/mol. The minimum atomic E-state index is -0.181. The third-order valence-electron chi connectivity index (χ3n) is 4.76. The molecule has 0 atom stereocenters. The van der Waals surface area contributed by atoms with E-state index in [4.69, 9.17) is 27.9 Å². The van der Waals surface area contributed by atoms with Crippen molar-refractivity contribution >= 4 is 69.0 Å². The van der Waals surface area contributed by atoms with Crippen LogP contribution in [0.4, 0.5) is 10.8 Å². The molecule has 0 bridgehead atoms. The van der Waals surface area contributed by atoms with Gasteiger partial charge in [-0.2, -0.15) is 5.11 Å². The van der Waals surface area contributed by atoms with Crippen LogP contribution in [0.15, 0.2) is 39.4 Å². The summed E-state index contributed by atoms with van der Waals surface area (Å²) in [4.78, 5) is 22.8. The first-order valence-corrected chi connectivity index (χ1v) is 12.7. The summed E-state index contributed by atoms with van der Waals surface area (Å²) in [5, 5.41) is 13.2. The molecule has 3 aromatic rings.